The Hall–Kier alpha value is -1.36. The van der Waals surface area contributed by atoms with Crippen LogP contribution in [0.2, 0.25) is 0 Å². The molecule has 1 aliphatic rings. The van der Waals surface area contributed by atoms with E-state index < -0.39 is 0 Å². The standard InChI is InChI=1S/C12H21N5/c1-4-12(2,3)16-9-7-10(17-13)15-11(14-9)8-5-6-8/h7-8H,4-6,13H2,1-3H3,(H2,14,15,16,17). The van der Waals surface area contributed by atoms with Gasteiger partial charge in [-0.05, 0) is 33.1 Å². The molecule has 2 rings (SSSR count). The van der Waals surface area contributed by atoms with Gasteiger partial charge in [-0.3, -0.25) is 0 Å². The van der Waals surface area contributed by atoms with Crippen LogP contribution in [0.15, 0.2) is 6.07 Å². The van der Waals surface area contributed by atoms with Gasteiger partial charge >= 0.3 is 0 Å². The Morgan fingerprint density at radius 2 is 2.00 bits per heavy atom. The summed E-state index contributed by atoms with van der Waals surface area (Å²) in [6.45, 7) is 6.46. The molecule has 5 nitrogen and oxygen atoms in total. The summed E-state index contributed by atoms with van der Waals surface area (Å²) in [5.41, 5.74) is 2.63. The third-order valence-corrected chi connectivity index (χ3v) is 3.18. The summed E-state index contributed by atoms with van der Waals surface area (Å²) in [6, 6.07) is 1.85. The van der Waals surface area contributed by atoms with Gasteiger partial charge in [-0.2, -0.15) is 0 Å². The second-order valence-corrected chi connectivity index (χ2v) is 5.28. The fraction of sp³-hybridized carbons (Fsp3) is 0.667. The van der Waals surface area contributed by atoms with Gasteiger partial charge in [0.25, 0.3) is 0 Å². The monoisotopic (exact) mass is 235 g/mol. The van der Waals surface area contributed by atoms with E-state index in [9.17, 15) is 0 Å². The van der Waals surface area contributed by atoms with Crippen LogP contribution in [0.3, 0.4) is 0 Å². The lowest BCUT2D eigenvalue weighted by Gasteiger charge is -2.25. The van der Waals surface area contributed by atoms with Crippen LogP contribution in [-0.2, 0) is 0 Å². The van der Waals surface area contributed by atoms with Crippen molar-refractivity contribution in [1.29, 1.82) is 0 Å². The number of hydrogen-bond acceptors (Lipinski definition) is 5. The lowest BCUT2D eigenvalue weighted by atomic mass is 10.0. The molecule has 1 fully saturated rings. The van der Waals surface area contributed by atoms with Crippen molar-refractivity contribution in [3.63, 3.8) is 0 Å². The van der Waals surface area contributed by atoms with Crippen LogP contribution in [0, 0.1) is 0 Å². The zero-order valence-electron chi connectivity index (χ0n) is 10.7. The number of rotatable bonds is 5. The van der Waals surface area contributed by atoms with Gasteiger partial charge in [0.2, 0.25) is 0 Å². The molecule has 1 aromatic heterocycles. The Labute approximate surface area is 102 Å². The summed E-state index contributed by atoms with van der Waals surface area (Å²) >= 11 is 0. The van der Waals surface area contributed by atoms with Gasteiger partial charge in [0.15, 0.2) is 0 Å². The lowest BCUT2D eigenvalue weighted by molar-refractivity contribution is 0.544. The van der Waals surface area contributed by atoms with Gasteiger partial charge in [0, 0.05) is 17.5 Å². The molecular formula is C12H21N5. The number of hydrogen-bond donors (Lipinski definition) is 3. The molecule has 0 saturated heterocycles. The molecule has 5 heteroatoms. The van der Waals surface area contributed by atoms with E-state index in [1.807, 2.05) is 6.07 Å². The first-order valence-corrected chi connectivity index (χ1v) is 6.18. The quantitative estimate of drug-likeness (QED) is 0.539. The first-order valence-electron chi connectivity index (χ1n) is 6.18. The van der Waals surface area contributed by atoms with Gasteiger partial charge in [0.05, 0.1) is 0 Å². The Morgan fingerprint density at radius 1 is 1.35 bits per heavy atom. The summed E-state index contributed by atoms with van der Waals surface area (Å²) < 4.78 is 0. The van der Waals surface area contributed by atoms with Gasteiger partial charge < -0.3 is 10.7 Å². The lowest BCUT2D eigenvalue weighted by Crippen LogP contribution is -2.30. The summed E-state index contributed by atoms with van der Waals surface area (Å²) in [5.74, 6) is 8.38. The molecule has 1 heterocycles. The van der Waals surface area contributed by atoms with Crippen LogP contribution in [0.25, 0.3) is 0 Å². The zero-order valence-corrected chi connectivity index (χ0v) is 10.7. The summed E-state index contributed by atoms with van der Waals surface area (Å²) in [6.07, 6.45) is 3.40. The molecule has 1 aliphatic carbocycles. The predicted molar refractivity (Wildman–Crippen MR) is 69.8 cm³/mol. The van der Waals surface area contributed by atoms with Crippen LogP contribution < -0.4 is 16.6 Å². The van der Waals surface area contributed by atoms with Crippen LogP contribution in [0.4, 0.5) is 11.6 Å². The van der Waals surface area contributed by atoms with Crippen molar-refractivity contribution < 1.29 is 0 Å². The Bertz CT molecular complexity index is 398. The maximum atomic E-state index is 5.44. The van der Waals surface area contributed by atoms with E-state index in [0.717, 1.165) is 18.1 Å². The summed E-state index contributed by atoms with van der Waals surface area (Å²) in [5, 5.41) is 3.42. The maximum absolute atomic E-state index is 5.44. The van der Waals surface area contributed by atoms with Crippen molar-refractivity contribution in [3.05, 3.63) is 11.9 Å². The number of nitrogens with two attached hydrogens (primary N) is 1. The molecule has 94 valence electrons. The van der Waals surface area contributed by atoms with Gasteiger partial charge in [0.1, 0.15) is 17.5 Å². The minimum absolute atomic E-state index is 0.0288. The van der Waals surface area contributed by atoms with E-state index in [0.29, 0.717) is 11.7 Å². The van der Waals surface area contributed by atoms with Gasteiger partial charge in [-0.1, -0.05) is 6.92 Å². The highest BCUT2D eigenvalue weighted by Gasteiger charge is 2.28. The fourth-order valence-electron chi connectivity index (χ4n) is 1.56. The number of nitrogen functional groups attached to an aromatic ring is 1. The number of nitrogens with one attached hydrogen (secondary N) is 2. The molecule has 0 atom stereocenters. The Balaban J connectivity index is 2.23. The molecule has 0 spiro atoms. The summed E-state index contributed by atoms with van der Waals surface area (Å²) in [4.78, 5) is 8.94. The third-order valence-electron chi connectivity index (χ3n) is 3.18. The topological polar surface area (TPSA) is 75.9 Å². The molecule has 0 aromatic carbocycles. The van der Waals surface area contributed by atoms with E-state index in [-0.39, 0.29) is 5.54 Å². The average Bonchev–Trinajstić information content (AvgIpc) is 3.12. The molecule has 0 radical (unpaired) electrons. The number of nitrogens with zero attached hydrogens (tertiary/aromatic N) is 2. The van der Waals surface area contributed by atoms with Crippen molar-refractivity contribution in [2.75, 3.05) is 10.7 Å². The highest BCUT2D eigenvalue weighted by Crippen LogP contribution is 2.39. The molecule has 17 heavy (non-hydrogen) atoms. The third kappa shape index (κ3) is 3.06. The minimum Gasteiger partial charge on any atom is -0.365 e. The Morgan fingerprint density at radius 3 is 2.53 bits per heavy atom. The van der Waals surface area contributed by atoms with E-state index in [1.165, 1.54) is 12.8 Å². The largest absolute Gasteiger partial charge is 0.365 e. The first-order chi connectivity index (χ1) is 8.04. The molecule has 0 unspecified atom stereocenters. The molecule has 1 saturated carbocycles. The van der Waals surface area contributed by atoms with Crippen LogP contribution in [0.5, 0.6) is 0 Å². The number of aromatic nitrogens is 2. The minimum atomic E-state index is 0.0288. The predicted octanol–water partition coefficient (Wildman–Crippen LogP) is 2.24. The SMILES string of the molecule is CCC(C)(C)Nc1cc(NN)nc(C2CC2)n1. The normalized spacial score (nSPS) is 15.8. The highest BCUT2D eigenvalue weighted by atomic mass is 15.3. The molecule has 0 aliphatic heterocycles. The van der Waals surface area contributed by atoms with Crippen molar-refractivity contribution in [3.8, 4) is 0 Å². The molecule has 4 N–H and O–H groups in total. The van der Waals surface area contributed by atoms with Gasteiger partial charge in [-0.15, -0.1) is 0 Å². The molecule has 0 amide bonds. The molecule has 1 aromatic rings. The first kappa shape index (κ1) is 12.1. The zero-order chi connectivity index (χ0) is 12.5. The maximum Gasteiger partial charge on any atom is 0.145 e. The van der Waals surface area contributed by atoms with E-state index in [1.54, 1.807) is 0 Å². The van der Waals surface area contributed by atoms with E-state index >= 15 is 0 Å². The van der Waals surface area contributed by atoms with Crippen molar-refractivity contribution in [2.45, 2.75) is 51.5 Å². The number of anilines is 2. The van der Waals surface area contributed by atoms with Crippen LogP contribution in [-0.4, -0.2) is 15.5 Å². The van der Waals surface area contributed by atoms with E-state index in [2.05, 4.69) is 41.5 Å². The van der Waals surface area contributed by atoms with Crippen LogP contribution >= 0.6 is 0 Å². The second kappa shape index (κ2) is 4.49. The van der Waals surface area contributed by atoms with Crippen molar-refractivity contribution in [1.82, 2.24) is 9.97 Å². The van der Waals surface area contributed by atoms with Gasteiger partial charge in [-0.25, -0.2) is 15.8 Å². The van der Waals surface area contributed by atoms with Crippen molar-refractivity contribution in [2.24, 2.45) is 5.84 Å². The average molecular weight is 235 g/mol. The summed E-state index contributed by atoms with van der Waals surface area (Å²) in [7, 11) is 0. The molecular weight excluding hydrogens is 214 g/mol. The smallest absolute Gasteiger partial charge is 0.145 e. The van der Waals surface area contributed by atoms with E-state index in [4.69, 9.17) is 5.84 Å². The fourth-order valence-corrected chi connectivity index (χ4v) is 1.56. The van der Waals surface area contributed by atoms with Crippen LogP contribution in [0.1, 0.15) is 51.8 Å². The number of hydrazine groups is 1. The highest BCUT2D eigenvalue weighted by molar-refractivity contribution is 5.48. The molecule has 0 bridgehead atoms. The second-order valence-electron chi connectivity index (χ2n) is 5.28. The van der Waals surface area contributed by atoms with Crippen molar-refractivity contribution >= 4 is 11.6 Å². The Kier molecular flexibility index (Phi) is 3.19.